The molecule has 0 atom stereocenters. The summed E-state index contributed by atoms with van der Waals surface area (Å²) >= 11 is 0. The molecule has 3 aromatic rings. The van der Waals surface area contributed by atoms with Crippen molar-refractivity contribution in [3.63, 3.8) is 0 Å². The highest BCUT2D eigenvalue weighted by Crippen LogP contribution is 2.38. The number of aromatic amines is 1. The van der Waals surface area contributed by atoms with E-state index in [0.29, 0.717) is 0 Å². The Labute approximate surface area is 122 Å². The number of H-pyrrole nitrogens is 1. The van der Waals surface area contributed by atoms with E-state index in [1.807, 2.05) is 25.3 Å². The number of hydrogen-bond acceptors (Lipinski definition) is 4. The lowest BCUT2D eigenvalue weighted by Gasteiger charge is -2.19. The Morgan fingerprint density at radius 3 is 3.00 bits per heavy atom. The minimum atomic E-state index is 0.780. The number of hydrogen-bond donors (Lipinski definition) is 1. The molecule has 1 aliphatic rings. The lowest BCUT2D eigenvalue weighted by molar-refractivity contribution is 0.414. The van der Waals surface area contributed by atoms with Crippen LogP contribution in [-0.2, 0) is 6.42 Å². The molecule has 0 amide bonds. The molecule has 0 saturated carbocycles. The lowest BCUT2D eigenvalue weighted by atomic mass is 10.1. The van der Waals surface area contributed by atoms with Gasteiger partial charge < -0.3 is 14.6 Å². The van der Waals surface area contributed by atoms with Gasteiger partial charge in [-0.2, -0.15) is 0 Å². The number of rotatable bonds is 2. The molecule has 1 aliphatic heterocycles. The van der Waals surface area contributed by atoms with Crippen LogP contribution in [0.1, 0.15) is 11.4 Å². The molecule has 0 bridgehead atoms. The molecule has 0 unspecified atom stereocenters. The van der Waals surface area contributed by atoms with Gasteiger partial charge in [-0.1, -0.05) is 0 Å². The van der Waals surface area contributed by atoms with Crippen LogP contribution in [0.15, 0.2) is 30.5 Å². The van der Waals surface area contributed by atoms with Crippen LogP contribution in [0.5, 0.6) is 5.75 Å². The number of benzene rings is 1. The molecule has 1 N–H and O–H groups in total. The van der Waals surface area contributed by atoms with Crippen LogP contribution in [-0.4, -0.2) is 28.6 Å². The molecule has 3 heterocycles. The SMILES string of the molecule is COc1ccc2c(c1)CCN2c1nc(C)nc2[nH]ccc12. The Morgan fingerprint density at radius 1 is 1.24 bits per heavy atom. The van der Waals surface area contributed by atoms with Gasteiger partial charge >= 0.3 is 0 Å². The molecular formula is C16H16N4O. The average Bonchev–Trinajstić information content (AvgIpc) is 3.11. The normalized spacial score (nSPS) is 13.7. The maximum Gasteiger partial charge on any atom is 0.146 e. The highest BCUT2D eigenvalue weighted by Gasteiger charge is 2.24. The first-order valence-corrected chi connectivity index (χ1v) is 7.02. The fourth-order valence-corrected chi connectivity index (χ4v) is 2.96. The van der Waals surface area contributed by atoms with E-state index in [1.54, 1.807) is 7.11 Å². The van der Waals surface area contributed by atoms with Crippen LogP contribution >= 0.6 is 0 Å². The molecule has 4 rings (SSSR count). The quantitative estimate of drug-likeness (QED) is 0.784. The summed E-state index contributed by atoms with van der Waals surface area (Å²) in [5.41, 5.74) is 3.39. The largest absolute Gasteiger partial charge is 0.497 e. The molecule has 5 nitrogen and oxygen atoms in total. The zero-order valence-electron chi connectivity index (χ0n) is 12.1. The van der Waals surface area contributed by atoms with E-state index in [2.05, 4.69) is 32.0 Å². The predicted octanol–water partition coefficient (Wildman–Crippen LogP) is 2.97. The lowest BCUT2D eigenvalue weighted by Crippen LogP contribution is -2.16. The maximum absolute atomic E-state index is 5.31. The number of fused-ring (bicyclic) bond motifs is 2. The van der Waals surface area contributed by atoms with Crippen LogP contribution in [0.3, 0.4) is 0 Å². The number of nitrogens with zero attached hydrogens (tertiary/aromatic N) is 3. The number of methoxy groups -OCH3 is 1. The minimum Gasteiger partial charge on any atom is -0.497 e. The van der Waals surface area contributed by atoms with Crippen molar-refractivity contribution in [1.82, 2.24) is 15.0 Å². The third kappa shape index (κ3) is 1.85. The maximum atomic E-state index is 5.31. The summed E-state index contributed by atoms with van der Waals surface area (Å²) in [6.45, 7) is 2.86. The summed E-state index contributed by atoms with van der Waals surface area (Å²) in [5.74, 6) is 2.66. The number of aryl methyl sites for hydroxylation is 1. The van der Waals surface area contributed by atoms with E-state index < -0.39 is 0 Å². The first kappa shape index (κ1) is 12.2. The summed E-state index contributed by atoms with van der Waals surface area (Å²) in [7, 11) is 1.70. The molecule has 2 aromatic heterocycles. The van der Waals surface area contributed by atoms with E-state index in [-0.39, 0.29) is 0 Å². The first-order chi connectivity index (χ1) is 10.3. The van der Waals surface area contributed by atoms with Gasteiger partial charge in [-0.25, -0.2) is 9.97 Å². The zero-order chi connectivity index (χ0) is 14.4. The molecule has 0 radical (unpaired) electrons. The van der Waals surface area contributed by atoms with Crippen molar-refractivity contribution in [2.45, 2.75) is 13.3 Å². The Hall–Kier alpha value is -2.56. The van der Waals surface area contributed by atoms with Crippen molar-refractivity contribution in [3.8, 4) is 5.75 Å². The third-order valence-corrected chi connectivity index (χ3v) is 3.95. The van der Waals surface area contributed by atoms with Gasteiger partial charge in [0.2, 0.25) is 0 Å². The summed E-state index contributed by atoms with van der Waals surface area (Å²) in [5, 5.41) is 1.06. The number of aromatic nitrogens is 3. The van der Waals surface area contributed by atoms with Gasteiger partial charge in [0.15, 0.2) is 0 Å². The molecule has 1 aromatic carbocycles. The molecule has 0 saturated heterocycles. The van der Waals surface area contributed by atoms with Crippen LogP contribution in [0.4, 0.5) is 11.5 Å². The predicted molar refractivity (Wildman–Crippen MR) is 82.3 cm³/mol. The Morgan fingerprint density at radius 2 is 2.14 bits per heavy atom. The van der Waals surface area contributed by atoms with Crippen LogP contribution in [0.25, 0.3) is 11.0 Å². The van der Waals surface area contributed by atoms with Gasteiger partial charge in [0.05, 0.1) is 12.5 Å². The van der Waals surface area contributed by atoms with E-state index in [0.717, 1.165) is 41.4 Å². The van der Waals surface area contributed by atoms with Crippen molar-refractivity contribution in [3.05, 3.63) is 41.9 Å². The van der Waals surface area contributed by atoms with Crippen LogP contribution in [0.2, 0.25) is 0 Å². The minimum absolute atomic E-state index is 0.780. The van der Waals surface area contributed by atoms with E-state index in [1.165, 1.54) is 11.3 Å². The third-order valence-electron chi connectivity index (χ3n) is 3.95. The molecule has 106 valence electrons. The summed E-state index contributed by atoms with van der Waals surface area (Å²) in [6, 6.07) is 8.25. The molecule has 21 heavy (non-hydrogen) atoms. The van der Waals surface area contributed by atoms with Gasteiger partial charge in [-0.3, -0.25) is 0 Å². The van der Waals surface area contributed by atoms with Crippen LogP contribution in [0, 0.1) is 6.92 Å². The molecule has 0 spiro atoms. The van der Waals surface area contributed by atoms with Gasteiger partial charge in [0.1, 0.15) is 23.0 Å². The van der Waals surface area contributed by atoms with Crippen molar-refractivity contribution in [2.75, 3.05) is 18.6 Å². The summed E-state index contributed by atoms with van der Waals surface area (Å²) < 4.78 is 5.31. The van der Waals surface area contributed by atoms with Crippen molar-refractivity contribution in [2.24, 2.45) is 0 Å². The zero-order valence-corrected chi connectivity index (χ0v) is 12.1. The molecule has 0 fully saturated rings. The monoisotopic (exact) mass is 280 g/mol. The summed E-state index contributed by atoms with van der Waals surface area (Å²) in [4.78, 5) is 14.5. The Bertz CT molecular complexity index is 824. The van der Waals surface area contributed by atoms with Crippen LogP contribution < -0.4 is 9.64 Å². The van der Waals surface area contributed by atoms with Gasteiger partial charge in [0.25, 0.3) is 0 Å². The van der Waals surface area contributed by atoms with E-state index in [4.69, 9.17) is 4.74 Å². The number of ether oxygens (including phenoxy) is 1. The Balaban J connectivity index is 1.87. The fourth-order valence-electron chi connectivity index (χ4n) is 2.96. The van der Waals surface area contributed by atoms with Crippen molar-refractivity contribution >= 4 is 22.5 Å². The second-order valence-corrected chi connectivity index (χ2v) is 5.23. The fraction of sp³-hybridized carbons (Fsp3) is 0.250. The second-order valence-electron chi connectivity index (χ2n) is 5.23. The van der Waals surface area contributed by atoms with Gasteiger partial charge in [-0.05, 0) is 43.2 Å². The Kier molecular flexibility index (Phi) is 2.60. The van der Waals surface area contributed by atoms with Crippen molar-refractivity contribution in [1.29, 1.82) is 0 Å². The van der Waals surface area contributed by atoms with E-state index in [9.17, 15) is 0 Å². The highest BCUT2D eigenvalue weighted by atomic mass is 16.5. The molecule has 0 aliphatic carbocycles. The van der Waals surface area contributed by atoms with Gasteiger partial charge in [0, 0.05) is 18.4 Å². The number of anilines is 2. The smallest absolute Gasteiger partial charge is 0.146 e. The van der Waals surface area contributed by atoms with E-state index >= 15 is 0 Å². The molecule has 5 heteroatoms. The standard InChI is InChI=1S/C16H16N4O/c1-10-18-15-13(5-7-17-15)16(19-10)20-8-6-11-9-12(21-2)3-4-14(11)20/h3-5,7,9H,6,8H2,1-2H3,(H,17,18,19). The topological polar surface area (TPSA) is 54.0 Å². The van der Waals surface area contributed by atoms with Gasteiger partial charge in [-0.15, -0.1) is 0 Å². The molecular weight excluding hydrogens is 264 g/mol. The number of nitrogens with one attached hydrogen (secondary N) is 1. The average molecular weight is 280 g/mol. The summed E-state index contributed by atoms with van der Waals surface area (Å²) in [6.07, 6.45) is 2.91. The van der Waals surface area contributed by atoms with Crippen molar-refractivity contribution < 1.29 is 4.74 Å². The second kappa shape index (κ2) is 4.48. The first-order valence-electron chi connectivity index (χ1n) is 7.02. The highest BCUT2D eigenvalue weighted by molar-refractivity contribution is 5.91.